The monoisotopic (exact) mass is 470 g/mol. The zero-order chi connectivity index (χ0) is 24.4. The molecule has 35 heavy (non-hydrogen) atoms. The fraction of sp³-hybridized carbons (Fsp3) is 0.222. The summed E-state index contributed by atoms with van der Waals surface area (Å²) in [6.45, 7) is 1.44. The molecule has 2 amide bonds. The third-order valence-electron chi connectivity index (χ3n) is 6.16. The van der Waals surface area contributed by atoms with Gasteiger partial charge in [0.1, 0.15) is 11.8 Å². The first-order chi connectivity index (χ1) is 17.0. The Morgan fingerprint density at radius 2 is 1.74 bits per heavy atom. The topological polar surface area (TPSA) is 104 Å². The van der Waals surface area contributed by atoms with Crippen LogP contribution in [0.5, 0.6) is 0 Å². The van der Waals surface area contributed by atoms with Crippen LogP contribution in [0.15, 0.2) is 82.6 Å². The maximum atomic E-state index is 13.2. The number of hydrogen-bond acceptors (Lipinski definition) is 6. The molecule has 178 valence electrons. The number of ketones is 1. The Morgan fingerprint density at radius 3 is 2.46 bits per heavy atom. The van der Waals surface area contributed by atoms with E-state index in [9.17, 15) is 14.4 Å². The van der Waals surface area contributed by atoms with Crippen molar-refractivity contribution in [2.45, 2.75) is 32.2 Å². The molecule has 0 unspecified atom stereocenters. The molecule has 2 aromatic carbocycles. The quantitative estimate of drug-likeness (QED) is 0.492. The number of rotatable bonds is 5. The fourth-order valence-electron chi connectivity index (χ4n) is 4.71. The molecule has 0 radical (unpaired) electrons. The van der Waals surface area contributed by atoms with E-state index in [-0.39, 0.29) is 24.1 Å². The molecule has 1 aromatic heterocycles. The van der Waals surface area contributed by atoms with Crippen molar-refractivity contribution in [3.8, 4) is 0 Å². The number of allylic oxidation sites excluding steroid dienone is 1. The van der Waals surface area contributed by atoms with Crippen molar-refractivity contribution < 1.29 is 18.8 Å². The molecule has 0 spiro atoms. The van der Waals surface area contributed by atoms with Crippen LogP contribution in [0, 0.1) is 0 Å². The summed E-state index contributed by atoms with van der Waals surface area (Å²) in [5, 5.41) is 9.10. The van der Waals surface area contributed by atoms with Crippen molar-refractivity contribution in [3.63, 3.8) is 0 Å². The van der Waals surface area contributed by atoms with Gasteiger partial charge in [0.2, 0.25) is 11.8 Å². The lowest BCUT2D eigenvalue weighted by Crippen LogP contribution is -2.38. The Labute approximate surface area is 203 Å². The minimum atomic E-state index is -0.531. The molecule has 8 heteroatoms. The van der Waals surface area contributed by atoms with Gasteiger partial charge in [-0.1, -0.05) is 12.1 Å². The van der Waals surface area contributed by atoms with E-state index in [1.165, 1.54) is 6.92 Å². The van der Waals surface area contributed by atoms with Crippen molar-refractivity contribution in [2.24, 2.45) is 0 Å². The summed E-state index contributed by atoms with van der Waals surface area (Å²) in [5.74, 6) is 0.270. The maximum Gasteiger partial charge on any atom is 0.243 e. The van der Waals surface area contributed by atoms with Gasteiger partial charge < -0.3 is 25.3 Å². The van der Waals surface area contributed by atoms with Gasteiger partial charge in [-0.3, -0.25) is 14.4 Å². The molecular formula is C27H26N4O4. The summed E-state index contributed by atoms with van der Waals surface area (Å²) >= 11 is 0. The first-order valence-corrected chi connectivity index (χ1v) is 11.6. The van der Waals surface area contributed by atoms with Crippen LogP contribution in [0.3, 0.4) is 0 Å². The van der Waals surface area contributed by atoms with Gasteiger partial charge in [-0.2, -0.15) is 0 Å². The highest BCUT2D eigenvalue weighted by atomic mass is 16.3. The Balaban J connectivity index is 1.49. The lowest BCUT2D eigenvalue weighted by atomic mass is 9.88. The number of nitrogens with one attached hydrogen (secondary N) is 3. The number of Topliss-reactive ketones (excluding diaryl/α,β-unsaturated/α-hetero) is 1. The lowest BCUT2D eigenvalue weighted by Gasteiger charge is -2.33. The van der Waals surface area contributed by atoms with E-state index in [4.69, 9.17) is 4.42 Å². The average Bonchev–Trinajstić information content (AvgIpc) is 3.32. The van der Waals surface area contributed by atoms with Gasteiger partial charge in [-0.25, -0.2) is 0 Å². The minimum Gasteiger partial charge on any atom is -0.467 e. The van der Waals surface area contributed by atoms with Crippen LogP contribution in [0.1, 0.15) is 38.0 Å². The van der Waals surface area contributed by atoms with Crippen molar-refractivity contribution in [2.75, 3.05) is 27.4 Å². The Morgan fingerprint density at radius 1 is 1.00 bits per heavy atom. The largest absolute Gasteiger partial charge is 0.467 e. The molecule has 2 aliphatic rings. The molecule has 1 aliphatic carbocycles. The molecule has 0 saturated carbocycles. The lowest BCUT2D eigenvalue weighted by molar-refractivity contribution is -0.117. The van der Waals surface area contributed by atoms with Crippen LogP contribution >= 0.6 is 0 Å². The zero-order valence-corrected chi connectivity index (χ0v) is 19.3. The number of para-hydroxylation sites is 2. The first-order valence-electron chi connectivity index (χ1n) is 11.6. The standard InChI is InChI=1S/C27H26N4O4/c1-17(32)28-18-11-13-19(14-12-18)29-25(34)16-31-22-8-3-2-6-20(22)30-21-7-4-9-23(33)26(21)27(31)24-10-5-15-35-24/h2-3,5-6,8,10-15,27,30H,4,7,9,16H2,1H3,(H,28,32)(H,29,34)/t27-/m0/s1. The van der Waals surface area contributed by atoms with E-state index in [2.05, 4.69) is 16.0 Å². The van der Waals surface area contributed by atoms with Crippen molar-refractivity contribution in [3.05, 3.63) is 84.0 Å². The third-order valence-corrected chi connectivity index (χ3v) is 6.16. The Kier molecular flexibility index (Phi) is 6.10. The molecule has 3 aromatic rings. The first kappa shape index (κ1) is 22.5. The summed E-state index contributed by atoms with van der Waals surface area (Å²) in [4.78, 5) is 39.6. The van der Waals surface area contributed by atoms with E-state index >= 15 is 0 Å². The second kappa shape index (κ2) is 9.50. The van der Waals surface area contributed by atoms with Crippen LogP contribution in [-0.4, -0.2) is 24.1 Å². The summed E-state index contributed by atoms with van der Waals surface area (Å²) in [5.41, 5.74) is 4.44. The van der Waals surface area contributed by atoms with E-state index in [1.807, 2.05) is 35.2 Å². The predicted octanol–water partition coefficient (Wildman–Crippen LogP) is 4.86. The van der Waals surface area contributed by atoms with Gasteiger partial charge in [0.05, 0.1) is 24.2 Å². The second-order valence-electron chi connectivity index (χ2n) is 8.66. The van der Waals surface area contributed by atoms with Gasteiger partial charge in [0.15, 0.2) is 5.78 Å². The highest BCUT2D eigenvalue weighted by molar-refractivity contribution is 6.02. The van der Waals surface area contributed by atoms with E-state index in [0.717, 1.165) is 29.9 Å². The molecule has 1 atom stereocenters. The number of carbonyl (C=O) groups excluding carboxylic acids is 3. The highest BCUT2D eigenvalue weighted by Crippen LogP contribution is 2.44. The van der Waals surface area contributed by atoms with Crippen molar-refractivity contribution >= 4 is 40.3 Å². The summed E-state index contributed by atoms with van der Waals surface area (Å²) in [6.07, 6.45) is 3.59. The van der Waals surface area contributed by atoms with Crippen LogP contribution in [0.4, 0.5) is 22.7 Å². The molecule has 3 N–H and O–H groups in total. The van der Waals surface area contributed by atoms with Gasteiger partial charge >= 0.3 is 0 Å². The normalized spacial score (nSPS) is 17.1. The maximum absolute atomic E-state index is 13.2. The number of furan rings is 1. The molecule has 5 rings (SSSR count). The molecule has 2 heterocycles. The van der Waals surface area contributed by atoms with Gasteiger partial charge in [-0.15, -0.1) is 0 Å². The number of benzene rings is 2. The molecular weight excluding hydrogens is 444 g/mol. The van der Waals surface area contributed by atoms with Gasteiger partial charge in [0.25, 0.3) is 0 Å². The number of carbonyl (C=O) groups is 3. The van der Waals surface area contributed by atoms with E-state index in [1.54, 1.807) is 36.6 Å². The van der Waals surface area contributed by atoms with Crippen LogP contribution in [-0.2, 0) is 14.4 Å². The molecule has 1 aliphatic heterocycles. The molecule has 0 bridgehead atoms. The zero-order valence-electron chi connectivity index (χ0n) is 19.3. The number of anilines is 4. The number of nitrogens with zero attached hydrogens (tertiary/aromatic N) is 1. The molecule has 0 saturated heterocycles. The van der Waals surface area contributed by atoms with Crippen LogP contribution in [0.25, 0.3) is 0 Å². The average molecular weight is 471 g/mol. The van der Waals surface area contributed by atoms with E-state index < -0.39 is 6.04 Å². The predicted molar refractivity (Wildman–Crippen MR) is 134 cm³/mol. The van der Waals surface area contributed by atoms with Crippen LogP contribution in [0.2, 0.25) is 0 Å². The number of fused-ring (bicyclic) bond motifs is 1. The van der Waals surface area contributed by atoms with Crippen LogP contribution < -0.4 is 20.9 Å². The molecule has 0 fully saturated rings. The Hall–Kier alpha value is -4.33. The Bertz CT molecular complexity index is 1290. The third kappa shape index (κ3) is 4.68. The number of amides is 2. The van der Waals surface area contributed by atoms with Gasteiger partial charge in [0, 0.05) is 36.0 Å². The van der Waals surface area contributed by atoms with Crippen molar-refractivity contribution in [1.29, 1.82) is 0 Å². The van der Waals surface area contributed by atoms with Crippen molar-refractivity contribution in [1.82, 2.24) is 0 Å². The highest BCUT2D eigenvalue weighted by Gasteiger charge is 2.38. The second-order valence-corrected chi connectivity index (χ2v) is 8.66. The smallest absolute Gasteiger partial charge is 0.243 e. The SMILES string of the molecule is CC(=O)Nc1ccc(NC(=O)CN2c3ccccc3NC3=C(C(=O)CCC3)[C@@H]2c2ccco2)cc1. The number of hydrogen-bond donors (Lipinski definition) is 3. The summed E-state index contributed by atoms with van der Waals surface area (Å²) in [6, 6.07) is 17.8. The van der Waals surface area contributed by atoms with E-state index in [0.29, 0.717) is 29.1 Å². The summed E-state index contributed by atoms with van der Waals surface area (Å²) < 4.78 is 5.79. The summed E-state index contributed by atoms with van der Waals surface area (Å²) in [7, 11) is 0. The minimum absolute atomic E-state index is 0.00155. The fourth-order valence-corrected chi connectivity index (χ4v) is 4.71. The van der Waals surface area contributed by atoms with Gasteiger partial charge in [-0.05, 0) is 61.4 Å². The molecule has 8 nitrogen and oxygen atoms in total.